The molecule has 6 heteroatoms. The summed E-state index contributed by atoms with van der Waals surface area (Å²) in [5.41, 5.74) is 7.39. The van der Waals surface area contributed by atoms with Gasteiger partial charge in [0.25, 0.3) is 0 Å². The Morgan fingerprint density at radius 1 is 1.33 bits per heavy atom. The molecule has 5 nitrogen and oxygen atoms in total. The van der Waals surface area contributed by atoms with Gasteiger partial charge in [0.15, 0.2) is 5.75 Å². The Kier molecular flexibility index (Phi) is 3.66. The number of rotatable bonds is 3. The van der Waals surface area contributed by atoms with Crippen molar-refractivity contribution in [3.8, 4) is 17.6 Å². The second-order valence-electron chi connectivity index (χ2n) is 3.65. The Morgan fingerprint density at radius 2 is 2.11 bits per heavy atom. The van der Waals surface area contributed by atoms with Crippen molar-refractivity contribution >= 4 is 21.6 Å². The molecule has 0 saturated carbocycles. The monoisotopic (exact) mass is 309 g/mol. The molecule has 0 amide bonds. The van der Waals surface area contributed by atoms with Crippen LogP contribution in [0.25, 0.3) is 0 Å². The Bertz CT molecular complexity index is 575. The van der Waals surface area contributed by atoms with Gasteiger partial charge in [0.05, 0.1) is 23.5 Å². The maximum Gasteiger partial charge on any atom is 0.325 e. The van der Waals surface area contributed by atoms with E-state index in [1.807, 2.05) is 19.1 Å². The van der Waals surface area contributed by atoms with Crippen LogP contribution in [0, 0.1) is 6.92 Å². The normalized spacial score (nSPS) is 10.2. The van der Waals surface area contributed by atoms with Gasteiger partial charge >= 0.3 is 6.01 Å². The van der Waals surface area contributed by atoms with E-state index in [-0.39, 0.29) is 6.01 Å². The lowest BCUT2D eigenvalue weighted by Gasteiger charge is -2.08. The van der Waals surface area contributed by atoms with E-state index in [1.54, 1.807) is 12.3 Å². The third-order valence-corrected chi connectivity index (χ3v) is 2.80. The van der Waals surface area contributed by atoms with Crippen LogP contribution >= 0.6 is 15.9 Å². The highest BCUT2D eigenvalue weighted by atomic mass is 79.9. The second-order valence-corrected chi connectivity index (χ2v) is 4.51. The Hall–Kier alpha value is -1.82. The molecule has 2 N–H and O–H groups in total. The molecule has 0 unspecified atom stereocenters. The zero-order valence-corrected chi connectivity index (χ0v) is 11.6. The first-order valence-corrected chi connectivity index (χ1v) is 6.00. The van der Waals surface area contributed by atoms with Crippen molar-refractivity contribution in [1.82, 2.24) is 9.97 Å². The lowest BCUT2D eigenvalue weighted by atomic mass is 10.2. The average Bonchev–Trinajstić information content (AvgIpc) is 2.36. The number of hydrogen-bond acceptors (Lipinski definition) is 5. The van der Waals surface area contributed by atoms with Gasteiger partial charge in [-0.25, -0.2) is 4.98 Å². The van der Waals surface area contributed by atoms with E-state index in [1.165, 1.54) is 7.11 Å². The SMILES string of the molecule is COc1nc(Oc2cc(C)ccc2N)ncc1Br. The molecule has 0 atom stereocenters. The number of nitrogen functional groups attached to an aromatic ring is 1. The summed E-state index contributed by atoms with van der Waals surface area (Å²) in [4.78, 5) is 8.14. The van der Waals surface area contributed by atoms with E-state index in [2.05, 4.69) is 25.9 Å². The number of nitrogens with two attached hydrogens (primary N) is 1. The van der Waals surface area contributed by atoms with Crippen LogP contribution in [-0.4, -0.2) is 17.1 Å². The van der Waals surface area contributed by atoms with Crippen molar-refractivity contribution in [1.29, 1.82) is 0 Å². The van der Waals surface area contributed by atoms with Crippen LogP contribution in [0.15, 0.2) is 28.9 Å². The molecule has 0 bridgehead atoms. The molecule has 2 aromatic rings. The Labute approximate surface area is 113 Å². The molecule has 18 heavy (non-hydrogen) atoms. The zero-order valence-electron chi connectivity index (χ0n) is 9.98. The predicted molar refractivity (Wildman–Crippen MR) is 71.9 cm³/mol. The number of nitrogens with zero attached hydrogens (tertiary/aromatic N) is 2. The number of ether oxygens (including phenoxy) is 2. The van der Waals surface area contributed by atoms with Crippen LogP contribution in [0.4, 0.5) is 5.69 Å². The van der Waals surface area contributed by atoms with E-state index >= 15 is 0 Å². The lowest BCUT2D eigenvalue weighted by Crippen LogP contribution is -1.98. The van der Waals surface area contributed by atoms with Crippen LogP contribution < -0.4 is 15.2 Å². The third-order valence-electron chi connectivity index (χ3n) is 2.25. The number of aryl methyl sites for hydroxylation is 1. The van der Waals surface area contributed by atoms with E-state index in [0.29, 0.717) is 21.8 Å². The number of halogens is 1. The summed E-state index contributed by atoms with van der Waals surface area (Å²) in [7, 11) is 1.53. The van der Waals surface area contributed by atoms with Crippen molar-refractivity contribution in [2.75, 3.05) is 12.8 Å². The van der Waals surface area contributed by atoms with Crippen molar-refractivity contribution < 1.29 is 9.47 Å². The van der Waals surface area contributed by atoms with Crippen LogP contribution in [0.2, 0.25) is 0 Å². The summed E-state index contributed by atoms with van der Waals surface area (Å²) in [6, 6.07) is 5.70. The maximum absolute atomic E-state index is 5.82. The summed E-state index contributed by atoms with van der Waals surface area (Å²) >= 11 is 3.27. The Morgan fingerprint density at radius 3 is 2.83 bits per heavy atom. The lowest BCUT2D eigenvalue weighted by molar-refractivity contribution is 0.374. The molecule has 2 rings (SSSR count). The Balaban J connectivity index is 2.31. The average molecular weight is 310 g/mol. The fourth-order valence-corrected chi connectivity index (χ4v) is 1.71. The van der Waals surface area contributed by atoms with Gasteiger partial charge in [-0.1, -0.05) is 6.07 Å². The topological polar surface area (TPSA) is 70.3 Å². The first-order valence-electron chi connectivity index (χ1n) is 5.20. The van der Waals surface area contributed by atoms with Crippen molar-refractivity contribution in [3.63, 3.8) is 0 Å². The van der Waals surface area contributed by atoms with Gasteiger partial charge < -0.3 is 15.2 Å². The third kappa shape index (κ3) is 2.70. The highest BCUT2D eigenvalue weighted by Crippen LogP contribution is 2.29. The second kappa shape index (κ2) is 5.22. The fraction of sp³-hybridized carbons (Fsp3) is 0.167. The molecule has 1 aromatic carbocycles. The number of aromatic nitrogens is 2. The smallest absolute Gasteiger partial charge is 0.325 e. The van der Waals surface area contributed by atoms with Crippen LogP contribution in [0.3, 0.4) is 0 Å². The summed E-state index contributed by atoms with van der Waals surface area (Å²) in [5.74, 6) is 0.936. The molecular weight excluding hydrogens is 298 g/mol. The van der Waals surface area contributed by atoms with E-state index in [4.69, 9.17) is 15.2 Å². The van der Waals surface area contributed by atoms with Gasteiger partial charge in [-0.2, -0.15) is 4.98 Å². The summed E-state index contributed by atoms with van der Waals surface area (Å²) in [5, 5.41) is 0. The molecule has 0 spiro atoms. The molecule has 1 heterocycles. The van der Waals surface area contributed by atoms with Crippen LogP contribution in [0.5, 0.6) is 17.6 Å². The number of hydrogen-bond donors (Lipinski definition) is 1. The number of benzene rings is 1. The first kappa shape index (κ1) is 12.6. The largest absolute Gasteiger partial charge is 0.480 e. The van der Waals surface area contributed by atoms with Crippen molar-refractivity contribution in [3.05, 3.63) is 34.4 Å². The molecule has 0 aliphatic rings. The van der Waals surface area contributed by atoms with Gasteiger partial charge in [0.1, 0.15) is 0 Å². The minimum atomic E-state index is 0.187. The first-order chi connectivity index (χ1) is 8.60. The van der Waals surface area contributed by atoms with Crippen molar-refractivity contribution in [2.45, 2.75) is 6.92 Å². The molecule has 0 saturated heterocycles. The van der Waals surface area contributed by atoms with E-state index in [0.717, 1.165) is 5.56 Å². The molecule has 1 aromatic heterocycles. The summed E-state index contributed by atoms with van der Waals surface area (Å²) in [6.07, 6.45) is 1.56. The van der Waals surface area contributed by atoms with Crippen LogP contribution in [-0.2, 0) is 0 Å². The van der Waals surface area contributed by atoms with Gasteiger partial charge in [0.2, 0.25) is 5.88 Å². The molecule has 94 valence electrons. The van der Waals surface area contributed by atoms with E-state index in [9.17, 15) is 0 Å². The van der Waals surface area contributed by atoms with E-state index < -0.39 is 0 Å². The van der Waals surface area contributed by atoms with Gasteiger partial charge in [-0.05, 0) is 40.5 Å². The quantitative estimate of drug-likeness (QED) is 0.883. The molecule has 0 aliphatic carbocycles. The highest BCUT2D eigenvalue weighted by Gasteiger charge is 2.09. The van der Waals surface area contributed by atoms with Gasteiger partial charge in [-0.15, -0.1) is 0 Å². The van der Waals surface area contributed by atoms with Crippen molar-refractivity contribution in [2.24, 2.45) is 0 Å². The predicted octanol–water partition coefficient (Wildman–Crippen LogP) is 2.93. The standard InChI is InChI=1S/C12H12BrN3O2/c1-7-3-4-9(14)10(5-7)18-12-15-6-8(13)11(16-12)17-2/h3-6H,14H2,1-2H3. The summed E-state index contributed by atoms with van der Waals surface area (Å²) < 4.78 is 11.3. The number of methoxy groups -OCH3 is 1. The van der Waals surface area contributed by atoms with Crippen LogP contribution in [0.1, 0.15) is 5.56 Å². The molecular formula is C12H12BrN3O2. The minimum Gasteiger partial charge on any atom is -0.480 e. The summed E-state index contributed by atoms with van der Waals surface area (Å²) in [6.45, 7) is 1.95. The number of anilines is 1. The molecule has 0 radical (unpaired) electrons. The maximum atomic E-state index is 5.82. The zero-order chi connectivity index (χ0) is 13.1. The minimum absolute atomic E-state index is 0.187. The fourth-order valence-electron chi connectivity index (χ4n) is 1.36. The van der Waals surface area contributed by atoms with Gasteiger partial charge in [-0.3, -0.25) is 0 Å². The molecule has 0 aliphatic heterocycles. The highest BCUT2D eigenvalue weighted by molar-refractivity contribution is 9.10. The van der Waals surface area contributed by atoms with Gasteiger partial charge in [0, 0.05) is 0 Å². The molecule has 0 fully saturated rings.